The van der Waals surface area contributed by atoms with Crippen molar-refractivity contribution in [3.63, 3.8) is 0 Å². The molecule has 3 aromatic rings. The molecule has 0 amide bonds. The second kappa shape index (κ2) is 6.00. The average molecular weight is 357 g/mol. The minimum atomic E-state index is -0.860. The molecule has 2 aliphatic rings. The van der Waals surface area contributed by atoms with Gasteiger partial charge in [0.2, 0.25) is 0 Å². The van der Waals surface area contributed by atoms with Crippen molar-refractivity contribution in [2.75, 3.05) is 0 Å². The van der Waals surface area contributed by atoms with Crippen LogP contribution in [0.3, 0.4) is 0 Å². The Bertz CT molecular complexity index is 901. The van der Waals surface area contributed by atoms with Crippen molar-refractivity contribution >= 4 is 28.2 Å². The van der Waals surface area contributed by atoms with Gasteiger partial charge in [-0.05, 0) is 24.8 Å². The maximum atomic E-state index is 12.3. The smallest absolute Gasteiger partial charge is 0.156 e. The van der Waals surface area contributed by atoms with Crippen LogP contribution in [-0.4, -0.2) is 35.2 Å². The van der Waals surface area contributed by atoms with Crippen molar-refractivity contribution in [2.24, 2.45) is 5.92 Å². The number of hydrogen-bond acceptors (Lipinski definition) is 4. The SMILES string of the molecule is CCC1CC(N[S+]([O-])C2CC2)C[C@@H]1c1cnc2cnc3[nH]ccc3n12. The summed E-state index contributed by atoms with van der Waals surface area (Å²) in [5.41, 5.74) is 4.13. The van der Waals surface area contributed by atoms with Crippen LogP contribution in [0.2, 0.25) is 0 Å². The molecule has 3 unspecified atom stereocenters. The lowest BCUT2D eigenvalue weighted by Crippen LogP contribution is -2.35. The number of hydrogen-bond donors (Lipinski definition) is 2. The lowest BCUT2D eigenvalue weighted by molar-refractivity contribution is 0.457. The van der Waals surface area contributed by atoms with E-state index in [-0.39, 0.29) is 0 Å². The molecule has 0 aliphatic heterocycles. The van der Waals surface area contributed by atoms with Crippen molar-refractivity contribution in [2.45, 2.75) is 56.2 Å². The third-order valence-electron chi connectivity index (χ3n) is 5.78. The van der Waals surface area contributed by atoms with Crippen LogP contribution in [0.1, 0.15) is 50.6 Å². The van der Waals surface area contributed by atoms with E-state index in [2.05, 4.69) is 37.1 Å². The van der Waals surface area contributed by atoms with Crippen LogP contribution in [0.15, 0.2) is 24.7 Å². The molecular weight excluding hydrogens is 334 g/mol. The fourth-order valence-electron chi connectivity index (χ4n) is 4.33. The zero-order valence-electron chi connectivity index (χ0n) is 14.3. The van der Waals surface area contributed by atoms with E-state index >= 15 is 0 Å². The average Bonchev–Trinajstić information content (AvgIpc) is 3.04. The van der Waals surface area contributed by atoms with Gasteiger partial charge in [-0.3, -0.25) is 4.40 Å². The standard InChI is InChI=1S/C18H23N5OS/c1-2-11-7-12(22-25(24)13-3-4-13)8-14(11)16-9-20-17-10-21-18-15(23(16)17)5-6-19-18/h5-6,9-14,19,22H,2-4,7-8H2,1H3/t11?,12?,14-,25?/m0/s1. The molecule has 2 aliphatic carbocycles. The first-order valence-electron chi connectivity index (χ1n) is 9.20. The Morgan fingerprint density at radius 2 is 2.20 bits per heavy atom. The Labute approximate surface area is 149 Å². The molecule has 0 radical (unpaired) electrons. The van der Waals surface area contributed by atoms with Gasteiger partial charge in [0.1, 0.15) is 5.25 Å². The lowest BCUT2D eigenvalue weighted by Gasteiger charge is -2.17. The van der Waals surface area contributed by atoms with Crippen molar-refractivity contribution < 1.29 is 4.55 Å². The molecule has 2 fully saturated rings. The lowest BCUT2D eigenvalue weighted by atomic mass is 9.91. The van der Waals surface area contributed by atoms with Crippen LogP contribution in [-0.2, 0) is 11.4 Å². The second-order valence-electron chi connectivity index (χ2n) is 7.40. The van der Waals surface area contributed by atoms with E-state index < -0.39 is 11.4 Å². The van der Waals surface area contributed by atoms with E-state index in [1.54, 1.807) is 0 Å². The van der Waals surface area contributed by atoms with Crippen molar-refractivity contribution in [1.29, 1.82) is 0 Å². The Morgan fingerprint density at radius 3 is 3.00 bits per heavy atom. The summed E-state index contributed by atoms with van der Waals surface area (Å²) in [5, 5.41) is 0.389. The third kappa shape index (κ3) is 2.65. The number of nitrogens with one attached hydrogen (secondary N) is 2. The molecular formula is C18H23N5OS. The number of rotatable bonds is 5. The normalized spacial score (nSPS) is 28.2. The quantitative estimate of drug-likeness (QED) is 0.688. The number of nitrogens with zero attached hydrogens (tertiary/aromatic N) is 3. The van der Waals surface area contributed by atoms with Crippen molar-refractivity contribution in [3.05, 3.63) is 30.4 Å². The van der Waals surface area contributed by atoms with E-state index in [4.69, 9.17) is 0 Å². The molecule has 132 valence electrons. The summed E-state index contributed by atoms with van der Waals surface area (Å²) in [4.78, 5) is 12.2. The largest absolute Gasteiger partial charge is 0.598 e. The molecule has 7 heteroatoms. The van der Waals surface area contributed by atoms with Gasteiger partial charge in [0.15, 0.2) is 11.3 Å². The molecule has 0 spiro atoms. The first-order chi connectivity index (χ1) is 12.2. The molecule has 2 saturated carbocycles. The topological polar surface area (TPSA) is 81.1 Å². The molecule has 25 heavy (non-hydrogen) atoms. The van der Waals surface area contributed by atoms with Gasteiger partial charge in [0, 0.05) is 48.2 Å². The highest BCUT2D eigenvalue weighted by Crippen LogP contribution is 2.43. The monoisotopic (exact) mass is 357 g/mol. The predicted molar refractivity (Wildman–Crippen MR) is 98.7 cm³/mol. The summed E-state index contributed by atoms with van der Waals surface area (Å²) in [7, 11) is 0. The highest BCUT2D eigenvalue weighted by Gasteiger charge is 2.41. The summed E-state index contributed by atoms with van der Waals surface area (Å²) < 4.78 is 17.9. The van der Waals surface area contributed by atoms with Gasteiger partial charge in [-0.2, -0.15) is 0 Å². The molecule has 2 N–H and O–H groups in total. The summed E-state index contributed by atoms with van der Waals surface area (Å²) in [6, 6.07) is 2.40. The van der Waals surface area contributed by atoms with Crippen LogP contribution in [0.25, 0.3) is 16.8 Å². The highest BCUT2D eigenvalue weighted by molar-refractivity contribution is 7.90. The summed E-state index contributed by atoms with van der Waals surface area (Å²) in [5.74, 6) is 1.03. The second-order valence-corrected chi connectivity index (χ2v) is 8.90. The van der Waals surface area contributed by atoms with Crippen LogP contribution in [0.4, 0.5) is 0 Å². The summed E-state index contributed by atoms with van der Waals surface area (Å²) >= 11 is -0.860. The van der Waals surface area contributed by atoms with Crippen LogP contribution in [0, 0.1) is 5.92 Å². The maximum absolute atomic E-state index is 12.3. The molecule has 0 aromatic carbocycles. The first-order valence-corrected chi connectivity index (χ1v) is 10.4. The van der Waals surface area contributed by atoms with Gasteiger partial charge in [0.05, 0.1) is 17.8 Å². The Kier molecular flexibility index (Phi) is 3.76. The predicted octanol–water partition coefficient (Wildman–Crippen LogP) is 2.90. The van der Waals surface area contributed by atoms with E-state index in [1.807, 2.05) is 18.6 Å². The zero-order chi connectivity index (χ0) is 17.0. The van der Waals surface area contributed by atoms with E-state index in [1.165, 1.54) is 5.69 Å². The number of aromatic nitrogens is 4. The van der Waals surface area contributed by atoms with Crippen LogP contribution < -0.4 is 4.72 Å². The van der Waals surface area contributed by atoms with E-state index in [9.17, 15) is 4.55 Å². The van der Waals surface area contributed by atoms with Crippen molar-refractivity contribution in [3.8, 4) is 0 Å². The van der Waals surface area contributed by atoms with Gasteiger partial charge in [-0.1, -0.05) is 13.3 Å². The molecule has 0 saturated heterocycles. The molecule has 3 heterocycles. The minimum absolute atomic E-state index is 0.338. The Morgan fingerprint density at radius 1 is 1.32 bits per heavy atom. The van der Waals surface area contributed by atoms with Gasteiger partial charge in [0.25, 0.3) is 0 Å². The van der Waals surface area contributed by atoms with Crippen LogP contribution >= 0.6 is 0 Å². The third-order valence-corrected chi connectivity index (χ3v) is 7.42. The summed E-state index contributed by atoms with van der Waals surface area (Å²) in [6.07, 6.45) is 11.2. The first kappa shape index (κ1) is 15.7. The maximum Gasteiger partial charge on any atom is 0.156 e. The molecule has 4 atom stereocenters. The zero-order valence-corrected chi connectivity index (χ0v) is 15.1. The fraction of sp³-hybridized carbons (Fsp3) is 0.556. The Balaban J connectivity index is 1.48. The summed E-state index contributed by atoms with van der Waals surface area (Å²) in [6.45, 7) is 2.26. The number of H-pyrrole nitrogens is 1. The van der Waals surface area contributed by atoms with Gasteiger partial charge >= 0.3 is 0 Å². The number of aromatic amines is 1. The van der Waals surface area contributed by atoms with Gasteiger partial charge in [-0.25, -0.2) is 9.97 Å². The molecule has 3 aromatic heterocycles. The van der Waals surface area contributed by atoms with E-state index in [0.717, 1.165) is 48.9 Å². The number of fused-ring (bicyclic) bond motifs is 3. The highest BCUT2D eigenvalue weighted by atomic mass is 32.2. The van der Waals surface area contributed by atoms with Crippen molar-refractivity contribution in [1.82, 2.24) is 24.1 Å². The van der Waals surface area contributed by atoms with Gasteiger partial charge < -0.3 is 9.54 Å². The number of imidazole rings is 1. The molecule has 5 rings (SSSR count). The van der Waals surface area contributed by atoms with Gasteiger partial charge in [-0.15, -0.1) is 4.72 Å². The molecule has 0 bridgehead atoms. The minimum Gasteiger partial charge on any atom is -0.598 e. The fourth-order valence-corrected chi connectivity index (χ4v) is 5.61. The molecule has 6 nitrogen and oxygen atoms in total. The van der Waals surface area contributed by atoms with Crippen LogP contribution in [0.5, 0.6) is 0 Å². The van der Waals surface area contributed by atoms with E-state index in [0.29, 0.717) is 23.1 Å². The Hall–Kier alpha value is -1.57.